The first-order valence-electron chi connectivity index (χ1n) is 7.05. The van der Waals surface area contributed by atoms with Crippen LogP contribution in [0, 0.1) is 6.92 Å². The fourth-order valence-corrected chi connectivity index (χ4v) is 2.43. The van der Waals surface area contributed by atoms with Gasteiger partial charge in [0.2, 0.25) is 0 Å². The molecule has 0 saturated carbocycles. The molecule has 1 aliphatic rings. The van der Waals surface area contributed by atoms with Crippen LogP contribution in [0.5, 0.6) is 0 Å². The summed E-state index contributed by atoms with van der Waals surface area (Å²) in [4.78, 5) is 12.2. The molecule has 0 aliphatic carbocycles. The summed E-state index contributed by atoms with van der Waals surface area (Å²) in [5.74, 6) is -0.0344. The monoisotopic (exact) mass is 298 g/mol. The second kappa shape index (κ2) is 8.17. The normalized spacial score (nSPS) is 17.6. The molecule has 1 aromatic rings. The van der Waals surface area contributed by atoms with E-state index in [-0.39, 0.29) is 18.3 Å². The van der Waals surface area contributed by atoms with Gasteiger partial charge in [-0.15, -0.1) is 12.4 Å². The molecule has 1 atom stereocenters. The van der Waals surface area contributed by atoms with Crippen molar-refractivity contribution in [2.24, 2.45) is 0 Å². The number of aryl methyl sites for hydroxylation is 2. The first-order valence-corrected chi connectivity index (χ1v) is 7.05. The smallest absolute Gasteiger partial charge is 0.253 e. The molecule has 0 unspecified atom stereocenters. The average Bonchev–Trinajstić information content (AvgIpc) is 2.91. The number of aromatic nitrogens is 2. The number of rotatable bonds is 5. The Kier molecular flexibility index (Phi) is 6.88. The van der Waals surface area contributed by atoms with E-state index in [4.69, 9.17) is 0 Å². The van der Waals surface area contributed by atoms with Crippen molar-refractivity contribution in [2.75, 3.05) is 13.1 Å². The maximum absolute atomic E-state index is 12.2. The van der Waals surface area contributed by atoms with Gasteiger partial charge >= 0.3 is 0 Å². The van der Waals surface area contributed by atoms with Crippen molar-refractivity contribution >= 4 is 18.3 Å². The highest BCUT2D eigenvalue weighted by atomic mass is 35.5. The number of carbonyl (C=O) groups is 1. The topological polar surface area (TPSA) is 66.9 Å². The largest absolute Gasteiger partial charge is 0.352 e. The summed E-state index contributed by atoms with van der Waals surface area (Å²) < 4.78 is 0. The van der Waals surface area contributed by atoms with Gasteiger partial charge in [0, 0.05) is 12.6 Å². The molecule has 0 bridgehead atoms. The van der Waals surface area contributed by atoms with E-state index in [1.807, 2.05) is 19.9 Å². The first-order chi connectivity index (χ1) is 9.20. The van der Waals surface area contributed by atoms with Gasteiger partial charge in [0.05, 0.1) is 17.0 Å². The van der Waals surface area contributed by atoms with E-state index in [1.54, 1.807) is 0 Å². The molecule has 2 heterocycles. The maximum Gasteiger partial charge on any atom is 0.253 e. The molecule has 1 aromatic heterocycles. The van der Waals surface area contributed by atoms with Crippen LogP contribution in [0.4, 0.5) is 0 Å². The first kappa shape index (κ1) is 16.9. The Labute approximate surface area is 126 Å². The lowest BCUT2D eigenvalue weighted by Gasteiger charge is -2.12. The number of nitrogens with one attached hydrogen (secondary N) is 2. The van der Waals surface area contributed by atoms with Crippen LogP contribution in [0.1, 0.15) is 47.9 Å². The van der Waals surface area contributed by atoms with Crippen molar-refractivity contribution in [3.63, 3.8) is 0 Å². The molecule has 112 valence electrons. The van der Waals surface area contributed by atoms with E-state index < -0.39 is 0 Å². The highest BCUT2D eigenvalue weighted by molar-refractivity contribution is 5.95. The molecule has 1 fully saturated rings. The fraction of sp³-hybridized carbons (Fsp3) is 0.643. The van der Waals surface area contributed by atoms with Crippen LogP contribution in [0.3, 0.4) is 0 Å². The lowest BCUT2D eigenvalue weighted by atomic mass is 10.1. The van der Waals surface area contributed by atoms with Gasteiger partial charge in [-0.05, 0) is 45.2 Å². The second-order valence-electron chi connectivity index (χ2n) is 5.04. The van der Waals surface area contributed by atoms with Crippen LogP contribution >= 0.6 is 12.4 Å². The van der Waals surface area contributed by atoms with Gasteiger partial charge in [-0.25, -0.2) is 0 Å². The zero-order valence-electron chi connectivity index (χ0n) is 12.1. The number of hydrogen-bond acceptors (Lipinski definition) is 4. The van der Waals surface area contributed by atoms with E-state index in [1.165, 1.54) is 12.8 Å². The van der Waals surface area contributed by atoms with Gasteiger partial charge < -0.3 is 10.6 Å². The number of hydrogen-bond donors (Lipinski definition) is 2. The molecule has 2 rings (SSSR count). The van der Waals surface area contributed by atoms with Gasteiger partial charge in [0.1, 0.15) is 0 Å². The Morgan fingerprint density at radius 2 is 2.30 bits per heavy atom. The van der Waals surface area contributed by atoms with Crippen molar-refractivity contribution < 1.29 is 4.79 Å². The molecule has 5 nitrogen and oxygen atoms in total. The minimum atomic E-state index is -0.0344. The Bertz CT molecular complexity index is 447. The van der Waals surface area contributed by atoms with Gasteiger partial charge in [-0.2, -0.15) is 10.2 Å². The van der Waals surface area contributed by atoms with Gasteiger partial charge in [0.25, 0.3) is 5.91 Å². The van der Waals surface area contributed by atoms with E-state index >= 15 is 0 Å². The summed E-state index contributed by atoms with van der Waals surface area (Å²) in [5.41, 5.74) is 2.20. The second-order valence-corrected chi connectivity index (χ2v) is 5.04. The summed E-state index contributed by atoms with van der Waals surface area (Å²) in [5, 5.41) is 14.5. The van der Waals surface area contributed by atoms with Gasteiger partial charge in [-0.1, -0.05) is 6.92 Å². The number of halogens is 1. The van der Waals surface area contributed by atoms with E-state index in [2.05, 4.69) is 20.8 Å². The molecule has 0 radical (unpaired) electrons. The molecule has 1 aliphatic heterocycles. The Morgan fingerprint density at radius 1 is 1.50 bits per heavy atom. The molecule has 0 aromatic carbocycles. The fourth-order valence-electron chi connectivity index (χ4n) is 2.43. The summed E-state index contributed by atoms with van der Waals surface area (Å²) in [6, 6.07) is 2.37. The van der Waals surface area contributed by atoms with Gasteiger partial charge in [0.15, 0.2) is 0 Å². The van der Waals surface area contributed by atoms with Crippen molar-refractivity contribution in [1.82, 2.24) is 20.8 Å². The molecular weight excluding hydrogens is 276 g/mol. The molecule has 0 spiro atoms. The van der Waals surface area contributed by atoms with Crippen LogP contribution in [-0.4, -0.2) is 35.2 Å². The van der Waals surface area contributed by atoms with Crippen molar-refractivity contribution in [1.29, 1.82) is 0 Å². The Hall–Kier alpha value is -1.20. The minimum absolute atomic E-state index is 0. The predicted molar refractivity (Wildman–Crippen MR) is 81.4 cm³/mol. The number of amides is 1. The highest BCUT2D eigenvalue weighted by Gasteiger charge is 2.15. The van der Waals surface area contributed by atoms with Crippen molar-refractivity contribution in [3.8, 4) is 0 Å². The lowest BCUT2D eigenvalue weighted by Crippen LogP contribution is -2.31. The SMILES string of the molecule is CCc1nnc(C)cc1C(=O)NCC[C@H]1CCCN1.Cl. The Balaban J connectivity index is 0.00000200. The van der Waals surface area contributed by atoms with E-state index in [0.717, 1.165) is 30.8 Å². The molecule has 1 amide bonds. The minimum Gasteiger partial charge on any atom is -0.352 e. The molecule has 20 heavy (non-hydrogen) atoms. The molecular formula is C14H23ClN4O. The standard InChI is InChI=1S/C14H22N4O.ClH/c1-3-13-12(9-10(2)17-18-13)14(19)16-8-6-11-5-4-7-15-11;/h9,11,15H,3-8H2,1-2H3,(H,16,19);1H/t11-;/m1./s1. The highest BCUT2D eigenvalue weighted by Crippen LogP contribution is 2.09. The van der Waals surface area contributed by atoms with Gasteiger partial charge in [-0.3, -0.25) is 4.79 Å². The van der Waals surface area contributed by atoms with Crippen LogP contribution < -0.4 is 10.6 Å². The molecule has 2 N–H and O–H groups in total. The van der Waals surface area contributed by atoms with Crippen LogP contribution in [-0.2, 0) is 6.42 Å². The number of carbonyl (C=O) groups excluding carboxylic acids is 1. The summed E-state index contributed by atoms with van der Waals surface area (Å²) >= 11 is 0. The summed E-state index contributed by atoms with van der Waals surface area (Å²) in [6.07, 6.45) is 4.17. The third-order valence-electron chi connectivity index (χ3n) is 3.51. The number of nitrogens with zero attached hydrogens (tertiary/aromatic N) is 2. The Morgan fingerprint density at radius 3 is 2.95 bits per heavy atom. The zero-order chi connectivity index (χ0) is 13.7. The summed E-state index contributed by atoms with van der Waals surface area (Å²) in [7, 11) is 0. The van der Waals surface area contributed by atoms with Crippen molar-refractivity contribution in [2.45, 2.75) is 45.6 Å². The zero-order valence-corrected chi connectivity index (χ0v) is 12.9. The molecule has 6 heteroatoms. The van der Waals surface area contributed by atoms with E-state index in [0.29, 0.717) is 18.2 Å². The van der Waals surface area contributed by atoms with Crippen LogP contribution in [0.2, 0.25) is 0 Å². The van der Waals surface area contributed by atoms with E-state index in [9.17, 15) is 4.79 Å². The van der Waals surface area contributed by atoms with Crippen LogP contribution in [0.15, 0.2) is 6.07 Å². The van der Waals surface area contributed by atoms with Crippen molar-refractivity contribution in [3.05, 3.63) is 23.0 Å². The third-order valence-corrected chi connectivity index (χ3v) is 3.51. The predicted octanol–water partition coefficient (Wildman–Crippen LogP) is 1.64. The maximum atomic E-state index is 12.2. The van der Waals surface area contributed by atoms with Crippen LogP contribution in [0.25, 0.3) is 0 Å². The quantitative estimate of drug-likeness (QED) is 0.867. The summed E-state index contributed by atoms with van der Waals surface area (Å²) in [6.45, 7) is 5.65. The lowest BCUT2D eigenvalue weighted by molar-refractivity contribution is 0.0950. The average molecular weight is 299 g/mol. The third kappa shape index (κ3) is 4.42. The molecule has 1 saturated heterocycles.